The molecule has 1 aliphatic carbocycles. The molecule has 128 valence electrons. The third kappa shape index (κ3) is 3.43. The number of hydrogen-bond acceptors (Lipinski definition) is 6. The van der Waals surface area contributed by atoms with E-state index in [9.17, 15) is 5.11 Å². The molecule has 23 heavy (non-hydrogen) atoms. The van der Waals surface area contributed by atoms with Crippen LogP contribution < -0.4 is 9.80 Å². The summed E-state index contributed by atoms with van der Waals surface area (Å²) in [6.45, 7) is 3.19. The fourth-order valence-electron chi connectivity index (χ4n) is 3.62. The van der Waals surface area contributed by atoms with Crippen molar-refractivity contribution in [2.45, 2.75) is 38.1 Å². The highest BCUT2D eigenvalue weighted by Gasteiger charge is 2.28. The number of aliphatic hydroxyl groups excluding tert-OH is 1. The van der Waals surface area contributed by atoms with Crippen molar-refractivity contribution in [1.82, 2.24) is 14.9 Å². The highest BCUT2D eigenvalue weighted by atomic mass is 16.3. The molecular formula is C17H29N5O. The van der Waals surface area contributed by atoms with Crippen molar-refractivity contribution in [2.24, 2.45) is 0 Å². The van der Waals surface area contributed by atoms with Gasteiger partial charge in [0.2, 0.25) is 5.95 Å². The normalized spacial score (nSPS) is 22.1. The smallest absolute Gasteiger partial charge is 0.227 e. The van der Waals surface area contributed by atoms with Crippen molar-refractivity contribution in [3.63, 3.8) is 0 Å². The molecule has 0 radical (unpaired) electrons. The molecule has 1 unspecified atom stereocenters. The summed E-state index contributed by atoms with van der Waals surface area (Å²) in [7, 11) is 6.16. The van der Waals surface area contributed by atoms with E-state index in [0.717, 1.165) is 50.7 Å². The van der Waals surface area contributed by atoms with Crippen LogP contribution in [0.2, 0.25) is 0 Å². The Kier molecular flexibility index (Phi) is 5.02. The second-order valence-corrected chi connectivity index (χ2v) is 6.97. The predicted octanol–water partition coefficient (Wildman–Crippen LogP) is 0.924. The molecule has 0 saturated carbocycles. The minimum atomic E-state index is 0.244. The third-order valence-corrected chi connectivity index (χ3v) is 5.09. The van der Waals surface area contributed by atoms with Gasteiger partial charge in [0, 0.05) is 51.9 Å². The SMILES string of the molecule is CN(C)c1nc2c(c(N3CCN(C)C(CCO)C3)n1)CCCC2. The highest BCUT2D eigenvalue weighted by Crippen LogP contribution is 2.31. The van der Waals surface area contributed by atoms with E-state index in [2.05, 4.69) is 16.8 Å². The number of piperazine rings is 1. The molecule has 0 aromatic carbocycles. The van der Waals surface area contributed by atoms with Crippen LogP contribution in [0.1, 0.15) is 30.5 Å². The average Bonchev–Trinajstić information content (AvgIpc) is 2.56. The van der Waals surface area contributed by atoms with Crippen molar-refractivity contribution in [3.05, 3.63) is 11.3 Å². The van der Waals surface area contributed by atoms with E-state index in [-0.39, 0.29) is 6.61 Å². The topological polar surface area (TPSA) is 55.7 Å². The quantitative estimate of drug-likeness (QED) is 0.891. The summed E-state index contributed by atoms with van der Waals surface area (Å²) in [4.78, 5) is 16.4. The van der Waals surface area contributed by atoms with Gasteiger partial charge in [-0.25, -0.2) is 4.98 Å². The molecule has 2 heterocycles. The van der Waals surface area contributed by atoms with Crippen LogP contribution in [0.4, 0.5) is 11.8 Å². The number of rotatable bonds is 4. The second-order valence-electron chi connectivity index (χ2n) is 6.97. The van der Waals surface area contributed by atoms with Crippen LogP contribution in [0, 0.1) is 0 Å². The number of aromatic nitrogens is 2. The molecule has 1 aliphatic heterocycles. The number of nitrogens with zero attached hydrogens (tertiary/aromatic N) is 5. The summed E-state index contributed by atoms with van der Waals surface area (Å²) < 4.78 is 0. The summed E-state index contributed by atoms with van der Waals surface area (Å²) in [6, 6.07) is 0.394. The standard InChI is InChI=1S/C17H29N5O/c1-20(2)17-18-15-7-5-4-6-14(15)16(19-17)22-10-9-21(3)13(12-22)8-11-23/h13,23H,4-12H2,1-3H3. The first-order valence-corrected chi connectivity index (χ1v) is 8.73. The lowest BCUT2D eigenvalue weighted by atomic mass is 9.95. The Morgan fingerprint density at radius 2 is 1.96 bits per heavy atom. The summed E-state index contributed by atoms with van der Waals surface area (Å²) in [6.07, 6.45) is 5.44. The molecule has 1 N–H and O–H groups in total. The summed E-state index contributed by atoms with van der Waals surface area (Å²) in [5.74, 6) is 1.95. The van der Waals surface area contributed by atoms with Gasteiger partial charge in [-0.1, -0.05) is 0 Å². The van der Waals surface area contributed by atoms with Crippen molar-refractivity contribution in [1.29, 1.82) is 0 Å². The van der Waals surface area contributed by atoms with Gasteiger partial charge in [0.05, 0.1) is 5.69 Å². The number of aliphatic hydroxyl groups is 1. The van der Waals surface area contributed by atoms with Crippen LogP contribution in [0.25, 0.3) is 0 Å². The molecule has 6 nitrogen and oxygen atoms in total. The van der Waals surface area contributed by atoms with Crippen LogP contribution in [0.5, 0.6) is 0 Å². The zero-order valence-corrected chi connectivity index (χ0v) is 14.6. The average molecular weight is 319 g/mol. The van der Waals surface area contributed by atoms with Gasteiger partial charge in [-0.2, -0.15) is 4.98 Å². The minimum Gasteiger partial charge on any atom is -0.396 e. The number of likely N-dealkylation sites (N-methyl/N-ethyl adjacent to an activating group) is 1. The Balaban J connectivity index is 1.93. The summed E-state index contributed by atoms with van der Waals surface area (Å²) >= 11 is 0. The van der Waals surface area contributed by atoms with E-state index >= 15 is 0 Å². The van der Waals surface area contributed by atoms with Crippen molar-refractivity contribution >= 4 is 11.8 Å². The van der Waals surface area contributed by atoms with E-state index in [0.29, 0.717) is 6.04 Å². The fraction of sp³-hybridized carbons (Fsp3) is 0.765. The zero-order chi connectivity index (χ0) is 16.4. The van der Waals surface area contributed by atoms with Gasteiger partial charge in [0.25, 0.3) is 0 Å². The van der Waals surface area contributed by atoms with Gasteiger partial charge in [-0.05, 0) is 39.2 Å². The first-order valence-electron chi connectivity index (χ1n) is 8.73. The molecule has 3 rings (SSSR count). The molecule has 1 aromatic rings. The second kappa shape index (κ2) is 7.01. The molecule has 1 atom stereocenters. The van der Waals surface area contributed by atoms with Crippen molar-refractivity contribution < 1.29 is 5.11 Å². The van der Waals surface area contributed by atoms with Gasteiger partial charge in [-0.3, -0.25) is 4.90 Å². The van der Waals surface area contributed by atoms with Crippen LogP contribution in [-0.4, -0.2) is 73.4 Å². The van der Waals surface area contributed by atoms with Crippen molar-refractivity contribution in [3.8, 4) is 0 Å². The number of anilines is 2. The maximum absolute atomic E-state index is 9.32. The third-order valence-electron chi connectivity index (χ3n) is 5.09. The van der Waals surface area contributed by atoms with Gasteiger partial charge >= 0.3 is 0 Å². The molecule has 0 spiro atoms. The van der Waals surface area contributed by atoms with Gasteiger partial charge < -0.3 is 14.9 Å². The van der Waals surface area contributed by atoms with E-state index in [1.165, 1.54) is 24.1 Å². The highest BCUT2D eigenvalue weighted by molar-refractivity contribution is 5.54. The first kappa shape index (κ1) is 16.5. The van der Waals surface area contributed by atoms with Crippen LogP contribution >= 0.6 is 0 Å². The largest absolute Gasteiger partial charge is 0.396 e. The number of fused-ring (bicyclic) bond motifs is 1. The Bertz CT molecular complexity index is 548. The lowest BCUT2D eigenvalue weighted by Crippen LogP contribution is -2.52. The zero-order valence-electron chi connectivity index (χ0n) is 14.6. The molecule has 1 aromatic heterocycles. The van der Waals surface area contributed by atoms with Gasteiger partial charge in [0.1, 0.15) is 5.82 Å². The first-order chi connectivity index (χ1) is 11.1. The summed E-state index contributed by atoms with van der Waals surface area (Å²) in [5, 5.41) is 9.32. The Labute approximate surface area is 139 Å². The number of hydrogen-bond donors (Lipinski definition) is 1. The maximum atomic E-state index is 9.32. The molecule has 1 fully saturated rings. The molecular weight excluding hydrogens is 290 g/mol. The molecule has 2 aliphatic rings. The molecule has 0 amide bonds. The Hall–Kier alpha value is -1.40. The van der Waals surface area contributed by atoms with Crippen molar-refractivity contribution in [2.75, 3.05) is 57.2 Å². The lowest BCUT2D eigenvalue weighted by Gasteiger charge is -2.41. The minimum absolute atomic E-state index is 0.244. The van der Waals surface area contributed by atoms with E-state index in [1.54, 1.807) is 0 Å². The van der Waals surface area contributed by atoms with Crippen LogP contribution in [0.3, 0.4) is 0 Å². The maximum Gasteiger partial charge on any atom is 0.227 e. The molecule has 0 bridgehead atoms. The van der Waals surface area contributed by atoms with Gasteiger partial charge in [0.15, 0.2) is 0 Å². The molecule has 1 saturated heterocycles. The monoisotopic (exact) mass is 319 g/mol. The van der Waals surface area contributed by atoms with Crippen LogP contribution in [0.15, 0.2) is 0 Å². The lowest BCUT2D eigenvalue weighted by molar-refractivity contribution is 0.170. The van der Waals surface area contributed by atoms with E-state index in [4.69, 9.17) is 9.97 Å². The Morgan fingerprint density at radius 1 is 1.17 bits per heavy atom. The Morgan fingerprint density at radius 3 is 2.70 bits per heavy atom. The summed E-state index contributed by atoms with van der Waals surface area (Å²) in [5.41, 5.74) is 2.59. The van der Waals surface area contributed by atoms with E-state index < -0.39 is 0 Å². The fourth-order valence-corrected chi connectivity index (χ4v) is 3.62. The number of aryl methyl sites for hydroxylation is 1. The van der Waals surface area contributed by atoms with E-state index in [1.807, 2.05) is 19.0 Å². The van der Waals surface area contributed by atoms with Crippen LogP contribution in [-0.2, 0) is 12.8 Å². The van der Waals surface area contributed by atoms with Gasteiger partial charge in [-0.15, -0.1) is 0 Å². The molecule has 6 heteroatoms. The predicted molar refractivity (Wildman–Crippen MR) is 93.3 cm³/mol.